The van der Waals surface area contributed by atoms with E-state index in [-0.39, 0.29) is 0 Å². The molecule has 82 valence electrons. The first-order valence-corrected chi connectivity index (χ1v) is 6.27. The molecule has 0 amide bonds. The molecule has 0 fully saturated rings. The highest BCUT2D eigenvalue weighted by atomic mass is 32.1. The minimum atomic E-state index is 0.644. The fourth-order valence-corrected chi connectivity index (χ4v) is 2.60. The van der Waals surface area contributed by atoms with Gasteiger partial charge in [-0.2, -0.15) is 0 Å². The van der Waals surface area contributed by atoms with Crippen molar-refractivity contribution in [2.45, 2.75) is 0 Å². The lowest BCUT2D eigenvalue weighted by Crippen LogP contribution is -1.89. The second kappa shape index (κ2) is 4.13. The van der Waals surface area contributed by atoms with Crippen molar-refractivity contribution in [1.29, 1.82) is 0 Å². The molecule has 0 aliphatic heterocycles. The van der Waals surface area contributed by atoms with Gasteiger partial charge in [0.25, 0.3) is 0 Å². The third-order valence-corrected chi connectivity index (χ3v) is 3.48. The van der Waals surface area contributed by atoms with E-state index in [1.54, 1.807) is 0 Å². The Morgan fingerprint density at radius 1 is 0.765 bits per heavy atom. The Kier molecular flexibility index (Phi) is 2.61. The molecule has 0 atom stereocenters. The van der Waals surface area contributed by atoms with Gasteiger partial charge in [-0.1, -0.05) is 66.8 Å². The standard InChI is InChI=1S/C15H10S2/c16-15(17)14-7-3-6-12-11-5-2-1-4-10(11)8-9-13(12)14/h1-9H,(H,16,17). The first kappa shape index (κ1) is 10.8. The summed E-state index contributed by atoms with van der Waals surface area (Å²) in [7, 11) is 0. The van der Waals surface area contributed by atoms with E-state index in [4.69, 9.17) is 12.2 Å². The second-order valence-corrected chi connectivity index (χ2v) is 5.15. The van der Waals surface area contributed by atoms with Gasteiger partial charge >= 0.3 is 0 Å². The molecule has 0 unspecified atom stereocenters. The summed E-state index contributed by atoms with van der Waals surface area (Å²) in [5, 5.41) is 4.92. The Morgan fingerprint density at radius 2 is 1.53 bits per heavy atom. The van der Waals surface area contributed by atoms with E-state index in [9.17, 15) is 0 Å². The van der Waals surface area contributed by atoms with Crippen LogP contribution in [0.5, 0.6) is 0 Å². The number of hydrogen-bond donors (Lipinski definition) is 1. The van der Waals surface area contributed by atoms with Gasteiger partial charge in [-0.3, -0.25) is 0 Å². The van der Waals surface area contributed by atoms with Crippen LogP contribution in [0.3, 0.4) is 0 Å². The van der Waals surface area contributed by atoms with E-state index in [1.165, 1.54) is 21.5 Å². The summed E-state index contributed by atoms with van der Waals surface area (Å²) in [5.74, 6) is 0. The predicted octanol–water partition coefficient (Wildman–Crippen LogP) is 4.60. The summed E-state index contributed by atoms with van der Waals surface area (Å²) >= 11 is 9.47. The zero-order chi connectivity index (χ0) is 11.8. The van der Waals surface area contributed by atoms with E-state index in [0.717, 1.165) is 5.56 Å². The molecule has 0 saturated heterocycles. The zero-order valence-corrected chi connectivity index (χ0v) is 10.8. The molecular formula is C15H10S2. The number of fused-ring (bicyclic) bond motifs is 3. The van der Waals surface area contributed by atoms with E-state index >= 15 is 0 Å². The van der Waals surface area contributed by atoms with Gasteiger partial charge in [0, 0.05) is 5.56 Å². The lowest BCUT2D eigenvalue weighted by atomic mass is 9.99. The highest BCUT2D eigenvalue weighted by Gasteiger charge is 2.05. The summed E-state index contributed by atoms with van der Waals surface area (Å²) in [6.45, 7) is 0. The van der Waals surface area contributed by atoms with Crippen LogP contribution in [0.2, 0.25) is 0 Å². The van der Waals surface area contributed by atoms with Crippen molar-refractivity contribution in [1.82, 2.24) is 0 Å². The average Bonchev–Trinajstić information content (AvgIpc) is 2.37. The normalized spacial score (nSPS) is 10.9. The van der Waals surface area contributed by atoms with Crippen LogP contribution in [0.15, 0.2) is 54.6 Å². The molecule has 0 aliphatic rings. The zero-order valence-electron chi connectivity index (χ0n) is 9.05. The smallest absolute Gasteiger partial charge is 0.0754 e. The molecule has 0 nitrogen and oxygen atoms in total. The third-order valence-electron chi connectivity index (χ3n) is 3.02. The maximum atomic E-state index is 5.18. The molecule has 0 heterocycles. The van der Waals surface area contributed by atoms with Gasteiger partial charge in [0.15, 0.2) is 0 Å². The van der Waals surface area contributed by atoms with Crippen LogP contribution >= 0.6 is 24.8 Å². The van der Waals surface area contributed by atoms with Gasteiger partial charge in [0.1, 0.15) is 0 Å². The van der Waals surface area contributed by atoms with Gasteiger partial charge in [0.05, 0.1) is 4.20 Å². The van der Waals surface area contributed by atoms with Crippen LogP contribution in [-0.4, -0.2) is 4.20 Å². The third kappa shape index (κ3) is 1.74. The van der Waals surface area contributed by atoms with E-state index in [0.29, 0.717) is 4.20 Å². The molecule has 3 aromatic rings. The van der Waals surface area contributed by atoms with Crippen molar-refractivity contribution in [3.8, 4) is 0 Å². The van der Waals surface area contributed by atoms with Crippen molar-refractivity contribution < 1.29 is 0 Å². The highest BCUT2D eigenvalue weighted by molar-refractivity contribution is 8.11. The molecule has 0 saturated carbocycles. The van der Waals surface area contributed by atoms with Crippen molar-refractivity contribution in [3.63, 3.8) is 0 Å². The first-order chi connectivity index (χ1) is 8.27. The van der Waals surface area contributed by atoms with Crippen LogP contribution < -0.4 is 0 Å². The van der Waals surface area contributed by atoms with Crippen molar-refractivity contribution in [3.05, 3.63) is 60.2 Å². The number of thiol groups is 1. The van der Waals surface area contributed by atoms with Crippen molar-refractivity contribution in [2.24, 2.45) is 0 Å². The molecule has 3 rings (SSSR count). The molecule has 0 N–H and O–H groups in total. The number of thiocarbonyl (C=S) groups is 1. The van der Waals surface area contributed by atoms with Crippen LogP contribution in [0.4, 0.5) is 0 Å². The molecular weight excluding hydrogens is 244 g/mol. The van der Waals surface area contributed by atoms with Crippen LogP contribution in [-0.2, 0) is 0 Å². The molecule has 0 aromatic heterocycles. The monoisotopic (exact) mass is 254 g/mol. The van der Waals surface area contributed by atoms with E-state index < -0.39 is 0 Å². The molecule has 0 radical (unpaired) electrons. The predicted molar refractivity (Wildman–Crippen MR) is 82.1 cm³/mol. The molecule has 17 heavy (non-hydrogen) atoms. The van der Waals surface area contributed by atoms with Gasteiger partial charge in [-0.05, 0) is 21.5 Å². The summed E-state index contributed by atoms with van der Waals surface area (Å²) in [4.78, 5) is 0. The quantitative estimate of drug-likeness (QED) is 0.376. The molecule has 2 heteroatoms. The van der Waals surface area contributed by atoms with Crippen LogP contribution in [0.1, 0.15) is 5.56 Å². The highest BCUT2D eigenvalue weighted by Crippen LogP contribution is 2.28. The van der Waals surface area contributed by atoms with E-state index in [2.05, 4.69) is 55.1 Å². The SMILES string of the molecule is S=C(S)c1cccc2c1ccc1ccccc12. The first-order valence-electron chi connectivity index (χ1n) is 5.41. The fraction of sp³-hybridized carbons (Fsp3) is 0. The van der Waals surface area contributed by atoms with Gasteiger partial charge < -0.3 is 0 Å². The summed E-state index contributed by atoms with van der Waals surface area (Å²) < 4.78 is 0.644. The number of benzene rings is 3. The summed E-state index contributed by atoms with van der Waals surface area (Å²) in [6, 6.07) is 18.8. The van der Waals surface area contributed by atoms with Crippen molar-refractivity contribution >= 4 is 50.6 Å². The summed E-state index contributed by atoms with van der Waals surface area (Å²) in [6.07, 6.45) is 0. The fourth-order valence-electron chi connectivity index (χ4n) is 2.23. The largest absolute Gasteiger partial charge is 0.131 e. The van der Waals surface area contributed by atoms with Gasteiger partial charge in [0.2, 0.25) is 0 Å². The lowest BCUT2D eigenvalue weighted by molar-refractivity contribution is 1.75. The van der Waals surface area contributed by atoms with Crippen LogP contribution in [0.25, 0.3) is 21.5 Å². The molecule has 3 aromatic carbocycles. The van der Waals surface area contributed by atoms with Gasteiger partial charge in [-0.25, -0.2) is 0 Å². The lowest BCUT2D eigenvalue weighted by Gasteiger charge is -2.07. The molecule has 0 bridgehead atoms. The summed E-state index contributed by atoms with van der Waals surface area (Å²) in [5.41, 5.74) is 1.03. The number of hydrogen-bond acceptors (Lipinski definition) is 1. The van der Waals surface area contributed by atoms with Crippen molar-refractivity contribution in [2.75, 3.05) is 0 Å². The number of rotatable bonds is 1. The Morgan fingerprint density at radius 3 is 2.35 bits per heavy atom. The average molecular weight is 254 g/mol. The van der Waals surface area contributed by atoms with Gasteiger partial charge in [-0.15, -0.1) is 12.6 Å². The minimum absolute atomic E-state index is 0.644. The Balaban J connectivity index is 2.52. The Hall–Kier alpha value is -1.38. The Bertz CT molecular complexity index is 729. The Labute approximate surface area is 111 Å². The molecule has 0 aliphatic carbocycles. The van der Waals surface area contributed by atoms with Crippen LogP contribution in [0, 0.1) is 0 Å². The van der Waals surface area contributed by atoms with E-state index in [1.807, 2.05) is 12.1 Å². The topological polar surface area (TPSA) is 0 Å². The maximum absolute atomic E-state index is 5.18. The maximum Gasteiger partial charge on any atom is 0.0754 e. The minimum Gasteiger partial charge on any atom is -0.131 e. The molecule has 0 spiro atoms. The second-order valence-electron chi connectivity index (χ2n) is 3.99.